The minimum atomic E-state index is -0.786. The maximum Gasteiger partial charge on any atom is 0.306 e. The van der Waals surface area contributed by atoms with Crippen LogP contribution < -0.4 is 0 Å². The summed E-state index contributed by atoms with van der Waals surface area (Å²) in [6.07, 6.45) is 80.5. The largest absolute Gasteiger partial charge is 0.462 e. The quantitative estimate of drug-likeness (QED) is 0.0261. The molecule has 0 aliphatic carbocycles. The number of rotatable bonds is 58. The summed E-state index contributed by atoms with van der Waals surface area (Å²) >= 11 is 0. The summed E-state index contributed by atoms with van der Waals surface area (Å²) in [4.78, 5) is 38.3. The number of allylic oxidation sites excluding steroid dienone is 12. The molecule has 0 aromatic carbocycles. The van der Waals surface area contributed by atoms with Gasteiger partial charge in [0.2, 0.25) is 0 Å². The Morgan fingerprint density at radius 2 is 0.527 bits per heavy atom. The predicted molar refractivity (Wildman–Crippen MR) is 321 cm³/mol. The van der Waals surface area contributed by atoms with E-state index in [4.69, 9.17) is 14.2 Å². The molecule has 6 nitrogen and oxygen atoms in total. The molecule has 0 aromatic heterocycles. The van der Waals surface area contributed by atoms with E-state index in [1.165, 1.54) is 167 Å². The van der Waals surface area contributed by atoms with Gasteiger partial charge in [0.05, 0.1) is 0 Å². The third-order valence-corrected chi connectivity index (χ3v) is 13.9. The highest BCUT2D eigenvalue weighted by molar-refractivity contribution is 5.71. The number of carbonyl (C=O) groups is 3. The first kappa shape index (κ1) is 70.8. The molecule has 0 saturated carbocycles. The van der Waals surface area contributed by atoms with E-state index in [9.17, 15) is 14.4 Å². The minimum absolute atomic E-state index is 0.0833. The monoisotopic (exact) mass is 1030 g/mol. The number of hydrogen-bond acceptors (Lipinski definition) is 6. The van der Waals surface area contributed by atoms with Crippen molar-refractivity contribution >= 4 is 17.9 Å². The van der Waals surface area contributed by atoms with E-state index < -0.39 is 6.10 Å². The first-order chi connectivity index (χ1) is 36.5. The topological polar surface area (TPSA) is 78.9 Å². The van der Waals surface area contributed by atoms with E-state index in [-0.39, 0.29) is 31.1 Å². The molecule has 74 heavy (non-hydrogen) atoms. The van der Waals surface area contributed by atoms with Gasteiger partial charge >= 0.3 is 17.9 Å². The number of hydrogen-bond donors (Lipinski definition) is 0. The molecular weight excluding hydrogens is 913 g/mol. The number of unbranched alkanes of at least 4 members (excludes halogenated alkanes) is 35. The van der Waals surface area contributed by atoms with Gasteiger partial charge in [-0.15, -0.1) is 0 Å². The van der Waals surface area contributed by atoms with Gasteiger partial charge in [0, 0.05) is 19.3 Å². The fourth-order valence-electron chi connectivity index (χ4n) is 9.17. The summed E-state index contributed by atoms with van der Waals surface area (Å²) in [7, 11) is 0. The van der Waals surface area contributed by atoms with Crippen molar-refractivity contribution < 1.29 is 28.6 Å². The van der Waals surface area contributed by atoms with E-state index in [0.717, 1.165) is 116 Å². The summed E-state index contributed by atoms with van der Waals surface area (Å²) in [6.45, 7) is 6.54. The van der Waals surface area contributed by atoms with Crippen LogP contribution in [0.15, 0.2) is 72.9 Å². The summed E-state index contributed by atoms with van der Waals surface area (Å²) < 4.78 is 16.9. The fraction of sp³-hybridized carbons (Fsp3) is 0.779. The molecule has 1 atom stereocenters. The average molecular weight is 1030 g/mol. The molecule has 0 aromatic rings. The Balaban J connectivity index is 4.37. The van der Waals surface area contributed by atoms with Gasteiger partial charge in [-0.2, -0.15) is 0 Å². The van der Waals surface area contributed by atoms with Gasteiger partial charge in [-0.05, 0) is 89.9 Å². The molecule has 0 spiro atoms. The second-order valence-electron chi connectivity index (χ2n) is 21.3. The van der Waals surface area contributed by atoms with Gasteiger partial charge in [-0.1, -0.05) is 286 Å². The van der Waals surface area contributed by atoms with Crippen LogP contribution in [0.3, 0.4) is 0 Å². The molecule has 0 heterocycles. The Kier molecular flexibility index (Phi) is 59.7. The molecule has 6 heteroatoms. The Hall–Kier alpha value is -3.15. The van der Waals surface area contributed by atoms with Crippen molar-refractivity contribution in [2.75, 3.05) is 13.2 Å². The molecule has 0 fully saturated rings. The van der Waals surface area contributed by atoms with Gasteiger partial charge in [-0.25, -0.2) is 0 Å². The van der Waals surface area contributed by atoms with Crippen LogP contribution in [0.1, 0.15) is 323 Å². The van der Waals surface area contributed by atoms with Crippen molar-refractivity contribution in [1.82, 2.24) is 0 Å². The van der Waals surface area contributed by atoms with Crippen molar-refractivity contribution in [3.63, 3.8) is 0 Å². The maximum absolute atomic E-state index is 12.9. The molecule has 0 saturated heterocycles. The van der Waals surface area contributed by atoms with Crippen LogP contribution in [-0.4, -0.2) is 37.2 Å². The van der Waals surface area contributed by atoms with Gasteiger partial charge in [-0.3, -0.25) is 14.4 Å². The normalized spacial score (nSPS) is 12.5. The molecule has 0 N–H and O–H groups in total. The zero-order valence-electron chi connectivity index (χ0n) is 49.1. The second-order valence-corrected chi connectivity index (χ2v) is 21.3. The van der Waals surface area contributed by atoms with Crippen molar-refractivity contribution in [3.05, 3.63) is 72.9 Å². The highest BCUT2D eigenvalue weighted by atomic mass is 16.6. The smallest absolute Gasteiger partial charge is 0.306 e. The minimum Gasteiger partial charge on any atom is -0.462 e. The van der Waals surface area contributed by atoms with Gasteiger partial charge in [0.15, 0.2) is 6.10 Å². The molecule has 428 valence electrons. The van der Waals surface area contributed by atoms with Crippen LogP contribution in [0.25, 0.3) is 0 Å². The van der Waals surface area contributed by atoms with Gasteiger partial charge < -0.3 is 14.2 Å². The summed E-state index contributed by atoms with van der Waals surface area (Å²) in [5.74, 6) is -0.894. The Morgan fingerprint density at radius 3 is 0.838 bits per heavy atom. The lowest BCUT2D eigenvalue weighted by Gasteiger charge is -2.18. The first-order valence-electron chi connectivity index (χ1n) is 31.9. The fourth-order valence-corrected chi connectivity index (χ4v) is 9.17. The van der Waals surface area contributed by atoms with Crippen molar-refractivity contribution in [1.29, 1.82) is 0 Å². The molecular formula is C68H120O6. The van der Waals surface area contributed by atoms with Crippen molar-refractivity contribution in [2.24, 2.45) is 0 Å². The lowest BCUT2D eigenvalue weighted by Crippen LogP contribution is -2.30. The van der Waals surface area contributed by atoms with Crippen LogP contribution in [-0.2, 0) is 28.6 Å². The van der Waals surface area contributed by atoms with Crippen LogP contribution >= 0.6 is 0 Å². The SMILES string of the molecule is CC/C=C\C/C=C\C/C=C\C/C=C\C/C=C\CCCCCCCC(=O)OCC(COC(=O)CCCCCCC/C=C\CCCCCCC)OC(=O)CCCCCCCCCCCCCCCCCCCCCCC. The second kappa shape index (κ2) is 62.4. The highest BCUT2D eigenvalue weighted by Crippen LogP contribution is 2.17. The Bertz CT molecular complexity index is 1370. The van der Waals surface area contributed by atoms with E-state index in [1.54, 1.807) is 0 Å². The van der Waals surface area contributed by atoms with Gasteiger partial charge in [0.1, 0.15) is 13.2 Å². The third kappa shape index (κ3) is 59.7. The lowest BCUT2D eigenvalue weighted by molar-refractivity contribution is -0.167. The average Bonchev–Trinajstić information content (AvgIpc) is 3.40. The Morgan fingerprint density at radius 1 is 0.284 bits per heavy atom. The van der Waals surface area contributed by atoms with Gasteiger partial charge in [0.25, 0.3) is 0 Å². The molecule has 1 unspecified atom stereocenters. The Labute approximate surface area is 459 Å². The number of ether oxygens (including phenoxy) is 3. The molecule has 0 aliphatic heterocycles. The van der Waals surface area contributed by atoms with Crippen molar-refractivity contribution in [3.8, 4) is 0 Å². The van der Waals surface area contributed by atoms with Crippen LogP contribution in [0, 0.1) is 0 Å². The molecule has 0 radical (unpaired) electrons. The molecule has 0 amide bonds. The zero-order chi connectivity index (χ0) is 53.6. The van der Waals surface area contributed by atoms with E-state index in [2.05, 4.69) is 93.7 Å². The third-order valence-electron chi connectivity index (χ3n) is 13.9. The standard InChI is InChI=1S/C68H120O6/c1-4-7-10-13-16-19-22-25-28-30-32-34-36-38-40-43-46-49-52-55-58-61-67(70)73-64-65(63-72-66(69)60-57-54-51-48-45-42-27-24-21-18-15-12-9-6-3)74-68(71)62-59-56-53-50-47-44-41-39-37-35-33-31-29-26-23-20-17-14-11-8-5-2/h7,10,16,19,24-25,27-28,32,34,38,40,65H,4-6,8-9,11-15,17-18,20-23,26,29-31,33,35-37,39,41-64H2,1-3H3/b10-7-,19-16-,27-24-,28-25-,34-32-,40-38-. The number of carbonyl (C=O) groups excluding carboxylic acids is 3. The summed E-state index contributed by atoms with van der Waals surface area (Å²) in [5, 5.41) is 0. The molecule has 0 rings (SSSR count). The highest BCUT2D eigenvalue weighted by Gasteiger charge is 2.19. The molecule has 0 aliphatic rings. The number of esters is 3. The van der Waals surface area contributed by atoms with E-state index in [0.29, 0.717) is 19.3 Å². The predicted octanol–water partition coefficient (Wildman–Crippen LogP) is 21.7. The lowest BCUT2D eigenvalue weighted by atomic mass is 10.0. The molecule has 0 bridgehead atoms. The van der Waals surface area contributed by atoms with E-state index >= 15 is 0 Å². The van der Waals surface area contributed by atoms with E-state index in [1.807, 2.05) is 0 Å². The van der Waals surface area contributed by atoms with Crippen molar-refractivity contribution in [2.45, 2.75) is 329 Å². The van der Waals surface area contributed by atoms with Crippen LogP contribution in [0.4, 0.5) is 0 Å². The van der Waals surface area contributed by atoms with Crippen LogP contribution in [0.5, 0.6) is 0 Å². The first-order valence-corrected chi connectivity index (χ1v) is 31.9. The maximum atomic E-state index is 12.9. The zero-order valence-corrected chi connectivity index (χ0v) is 49.1. The van der Waals surface area contributed by atoms with Crippen LogP contribution in [0.2, 0.25) is 0 Å². The summed E-state index contributed by atoms with van der Waals surface area (Å²) in [5.41, 5.74) is 0. The summed E-state index contributed by atoms with van der Waals surface area (Å²) in [6, 6.07) is 0.